The summed E-state index contributed by atoms with van der Waals surface area (Å²) in [5, 5.41) is 7.00. The van der Waals surface area contributed by atoms with E-state index in [9.17, 15) is 13.2 Å². The fourth-order valence-electron chi connectivity index (χ4n) is 2.54. The number of rotatable bonds is 3. The Hall–Kier alpha value is -2.70. The lowest BCUT2D eigenvalue weighted by Crippen LogP contribution is -2.05. The molecule has 4 nitrogen and oxygen atoms in total. The molecule has 3 rings (SSSR count). The Morgan fingerprint density at radius 1 is 1.00 bits per heavy atom. The number of nitrogens with one attached hydrogen (secondary N) is 1. The zero-order valence-electron chi connectivity index (χ0n) is 14.4. The van der Waals surface area contributed by atoms with Gasteiger partial charge < -0.3 is 9.47 Å². The number of alkyl halides is 3. The lowest BCUT2D eigenvalue weighted by atomic mass is 9.98. The van der Waals surface area contributed by atoms with E-state index in [0.29, 0.717) is 33.5 Å². The van der Waals surface area contributed by atoms with E-state index in [1.807, 2.05) is 13.8 Å². The molecule has 0 saturated carbocycles. The topological polar surface area (TPSA) is 47.1 Å². The molecule has 1 heterocycles. The number of hydrogen-bond acceptors (Lipinski definition) is 3. The number of H-pyrrole nitrogens is 1. The summed E-state index contributed by atoms with van der Waals surface area (Å²) in [4.78, 5) is 0. The summed E-state index contributed by atoms with van der Waals surface area (Å²) < 4.78 is 50.0. The van der Waals surface area contributed by atoms with Crippen LogP contribution in [-0.4, -0.2) is 24.4 Å². The van der Waals surface area contributed by atoms with Gasteiger partial charge in [-0.25, -0.2) is 0 Å². The van der Waals surface area contributed by atoms with Crippen molar-refractivity contribution >= 4 is 10.9 Å². The highest BCUT2D eigenvalue weighted by molar-refractivity contribution is 5.97. The highest BCUT2D eigenvalue weighted by atomic mass is 19.4. The van der Waals surface area contributed by atoms with Crippen LogP contribution < -0.4 is 9.47 Å². The van der Waals surface area contributed by atoms with Gasteiger partial charge in [0.15, 0.2) is 11.5 Å². The molecule has 0 aliphatic carbocycles. The van der Waals surface area contributed by atoms with Gasteiger partial charge in [-0.05, 0) is 23.8 Å². The van der Waals surface area contributed by atoms with Crippen LogP contribution in [0.1, 0.15) is 19.4 Å². The maximum Gasteiger partial charge on any atom is 0.416 e. The van der Waals surface area contributed by atoms with Crippen molar-refractivity contribution in [3.05, 3.63) is 42.1 Å². The summed E-state index contributed by atoms with van der Waals surface area (Å²) in [6, 6.07) is 7.20. The van der Waals surface area contributed by atoms with Gasteiger partial charge >= 0.3 is 6.18 Å². The van der Waals surface area contributed by atoms with Gasteiger partial charge in [0, 0.05) is 10.9 Å². The molecule has 0 atom stereocenters. The Morgan fingerprint density at radius 3 is 2.32 bits per heavy atom. The van der Waals surface area contributed by atoms with Gasteiger partial charge in [-0.1, -0.05) is 26.0 Å². The van der Waals surface area contributed by atoms with Crippen molar-refractivity contribution in [1.82, 2.24) is 10.2 Å². The minimum absolute atomic E-state index is 0.305. The van der Waals surface area contributed by atoms with E-state index in [0.717, 1.165) is 12.1 Å². The van der Waals surface area contributed by atoms with Crippen LogP contribution in [0.5, 0.6) is 11.5 Å². The Bertz CT molecular complexity index is 857. The van der Waals surface area contributed by atoms with Crippen molar-refractivity contribution < 1.29 is 22.6 Å². The highest BCUT2D eigenvalue weighted by Crippen LogP contribution is 2.42. The first-order chi connectivity index (χ1) is 12.0. The monoisotopic (exact) mass is 352 g/mol. The van der Waals surface area contributed by atoms with E-state index in [2.05, 4.69) is 10.2 Å². The molecule has 25 heavy (non-hydrogen) atoms. The van der Waals surface area contributed by atoms with Crippen LogP contribution in [0.4, 0.5) is 13.2 Å². The molecule has 0 fully saturated rings. The van der Waals surface area contributed by atoms with Gasteiger partial charge in [0.2, 0.25) is 0 Å². The smallest absolute Gasteiger partial charge is 0.416 e. The van der Waals surface area contributed by atoms with Crippen LogP contribution in [0, 0.1) is 0 Å². The number of ether oxygens (including phenoxy) is 2. The van der Waals surface area contributed by atoms with Gasteiger partial charge in [0.05, 0.1) is 31.5 Å². The third-order valence-corrected chi connectivity index (χ3v) is 3.58. The molecule has 1 aromatic heterocycles. The maximum atomic E-state index is 13.2. The third-order valence-electron chi connectivity index (χ3n) is 3.58. The molecule has 0 spiro atoms. The Balaban J connectivity index is 0.00000109. The molecule has 2 aromatic carbocycles. The zero-order valence-corrected chi connectivity index (χ0v) is 14.4. The molecule has 134 valence electrons. The number of aromatic amines is 1. The molecule has 0 aliphatic rings. The molecule has 7 heteroatoms. The minimum atomic E-state index is -4.46. The first-order valence-electron chi connectivity index (χ1n) is 7.71. The fraction of sp³-hybridized carbons (Fsp3) is 0.278. The fourth-order valence-corrected chi connectivity index (χ4v) is 2.54. The summed E-state index contributed by atoms with van der Waals surface area (Å²) >= 11 is 0. The van der Waals surface area contributed by atoms with Crippen molar-refractivity contribution in [2.75, 3.05) is 14.2 Å². The summed E-state index contributed by atoms with van der Waals surface area (Å²) in [5.74, 6) is 0.816. The van der Waals surface area contributed by atoms with E-state index in [1.165, 1.54) is 20.4 Å². The average Bonchev–Trinajstić information content (AvgIpc) is 3.09. The quantitative estimate of drug-likeness (QED) is 0.696. The molecule has 0 saturated heterocycles. The van der Waals surface area contributed by atoms with Crippen molar-refractivity contribution in [1.29, 1.82) is 0 Å². The molecule has 0 unspecified atom stereocenters. The van der Waals surface area contributed by atoms with Crippen LogP contribution in [0.15, 0.2) is 36.5 Å². The molecule has 0 aliphatic heterocycles. The SMILES string of the molecule is CC.COc1cccc(-c2cc(C(F)(F)F)cc3[nH]ncc23)c1OC. The number of para-hydroxylation sites is 1. The predicted octanol–water partition coefficient (Wildman–Crippen LogP) is 5.29. The Morgan fingerprint density at radius 2 is 1.72 bits per heavy atom. The van der Waals surface area contributed by atoms with Gasteiger partial charge in [-0.3, -0.25) is 5.10 Å². The van der Waals surface area contributed by atoms with Gasteiger partial charge in [-0.15, -0.1) is 0 Å². The molecule has 0 amide bonds. The largest absolute Gasteiger partial charge is 0.493 e. The van der Waals surface area contributed by atoms with Crippen molar-refractivity contribution in [2.24, 2.45) is 0 Å². The first kappa shape index (κ1) is 18.6. The van der Waals surface area contributed by atoms with Crippen LogP contribution in [0.3, 0.4) is 0 Å². The third kappa shape index (κ3) is 3.55. The minimum Gasteiger partial charge on any atom is -0.493 e. The normalized spacial score (nSPS) is 11.0. The van der Waals surface area contributed by atoms with Gasteiger partial charge in [-0.2, -0.15) is 18.3 Å². The number of nitrogens with zero attached hydrogens (tertiary/aromatic N) is 1. The van der Waals surface area contributed by atoms with Crippen LogP contribution in [0.25, 0.3) is 22.0 Å². The van der Waals surface area contributed by atoms with Crippen LogP contribution in [-0.2, 0) is 6.18 Å². The Labute approximate surface area is 143 Å². The van der Waals surface area contributed by atoms with E-state index in [1.54, 1.807) is 18.2 Å². The second-order valence-electron chi connectivity index (χ2n) is 4.89. The van der Waals surface area contributed by atoms with Crippen molar-refractivity contribution in [2.45, 2.75) is 20.0 Å². The molecule has 0 radical (unpaired) electrons. The maximum absolute atomic E-state index is 13.2. The van der Waals surface area contributed by atoms with Crippen LogP contribution in [0.2, 0.25) is 0 Å². The van der Waals surface area contributed by atoms with Crippen LogP contribution >= 0.6 is 0 Å². The Kier molecular flexibility index (Phi) is 5.56. The standard InChI is InChI=1S/C16H13F3N2O2.C2H6/c1-22-14-5-3-4-10(15(14)23-2)11-6-9(16(17,18)19)7-13-12(11)8-20-21-13;1-2/h3-8H,1-2H3,(H,20,21);1-2H3. The van der Waals surface area contributed by atoms with E-state index >= 15 is 0 Å². The second-order valence-corrected chi connectivity index (χ2v) is 4.89. The van der Waals surface area contributed by atoms with E-state index in [-0.39, 0.29) is 0 Å². The highest BCUT2D eigenvalue weighted by Gasteiger charge is 2.32. The number of benzene rings is 2. The molecule has 1 N–H and O–H groups in total. The summed E-state index contributed by atoms with van der Waals surface area (Å²) in [5.41, 5.74) is 0.428. The van der Waals surface area contributed by atoms with Crippen molar-refractivity contribution in [3.8, 4) is 22.6 Å². The van der Waals surface area contributed by atoms with Gasteiger partial charge in [0.1, 0.15) is 0 Å². The van der Waals surface area contributed by atoms with Crippen molar-refractivity contribution in [3.63, 3.8) is 0 Å². The molecule has 0 bridgehead atoms. The average molecular weight is 352 g/mol. The van der Waals surface area contributed by atoms with E-state index in [4.69, 9.17) is 9.47 Å². The zero-order chi connectivity index (χ0) is 18.6. The second kappa shape index (κ2) is 7.46. The summed E-state index contributed by atoms with van der Waals surface area (Å²) in [6.07, 6.45) is -2.97. The predicted molar refractivity (Wildman–Crippen MR) is 91.0 cm³/mol. The van der Waals surface area contributed by atoms with Gasteiger partial charge in [0.25, 0.3) is 0 Å². The lowest BCUT2D eigenvalue weighted by molar-refractivity contribution is -0.137. The molecule has 3 aromatic rings. The lowest BCUT2D eigenvalue weighted by Gasteiger charge is -2.15. The number of aromatic nitrogens is 2. The number of fused-ring (bicyclic) bond motifs is 1. The first-order valence-corrected chi connectivity index (χ1v) is 7.71. The van der Waals surface area contributed by atoms with E-state index < -0.39 is 11.7 Å². The summed E-state index contributed by atoms with van der Waals surface area (Å²) in [6.45, 7) is 4.00. The summed E-state index contributed by atoms with van der Waals surface area (Å²) in [7, 11) is 2.92. The molecular weight excluding hydrogens is 333 g/mol. The number of methoxy groups -OCH3 is 2. The number of halogens is 3. The number of hydrogen-bond donors (Lipinski definition) is 1. The molecular formula is C18H19F3N2O2.